The van der Waals surface area contributed by atoms with Gasteiger partial charge >= 0.3 is 12.0 Å². The molecule has 0 saturated carbocycles. The molecule has 1 atom stereocenters. The highest BCUT2D eigenvalue weighted by Gasteiger charge is 2.32. The molecule has 0 aromatic heterocycles. The summed E-state index contributed by atoms with van der Waals surface area (Å²) in [5.74, 6) is -1.08. The molecular weight excluding hydrogens is 256 g/mol. The highest BCUT2D eigenvalue weighted by atomic mass is 35.5. The summed E-state index contributed by atoms with van der Waals surface area (Å²) in [5, 5.41) is 14.5. The predicted molar refractivity (Wildman–Crippen MR) is 69.9 cm³/mol. The van der Waals surface area contributed by atoms with Crippen molar-refractivity contribution in [1.82, 2.24) is 5.32 Å². The van der Waals surface area contributed by atoms with E-state index in [9.17, 15) is 9.59 Å². The molecule has 0 bridgehead atoms. The highest BCUT2D eigenvalue weighted by Crippen LogP contribution is 2.15. The van der Waals surface area contributed by atoms with Gasteiger partial charge in [-0.2, -0.15) is 0 Å². The molecule has 98 valence electrons. The number of carbonyl (C=O) groups excluding carboxylic acids is 1. The third-order valence-electron chi connectivity index (χ3n) is 2.65. The van der Waals surface area contributed by atoms with Crippen LogP contribution in [0.25, 0.3) is 0 Å². The first-order valence-electron chi connectivity index (χ1n) is 5.45. The number of halogens is 1. The van der Waals surface area contributed by atoms with E-state index >= 15 is 0 Å². The van der Waals surface area contributed by atoms with Gasteiger partial charge in [0.25, 0.3) is 0 Å². The Morgan fingerprint density at radius 3 is 2.61 bits per heavy atom. The maximum absolute atomic E-state index is 11.7. The number of benzene rings is 1. The molecular formula is C12H15ClN2O3. The summed E-state index contributed by atoms with van der Waals surface area (Å²) in [5.41, 5.74) is -0.785. The number of hydrogen-bond donors (Lipinski definition) is 3. The number of carboxylic acid groups (broad SMARTS) is 1. The van der Waals surface area contributed by atoms with Gasteiger partial charge in [-0.1, -0.05) is 24.6 Å². The van der Waals surface area contributed by atoms with Crippen molar-refractivity contribution in [3.05, 3.63) is 29.3 Å². The number of amides is 2. The van der Waals surface area contributed by atoms with Gasteiger partial charge in [-0.15, -0.1) is 0 Å². The summed E-state index contributed by atoms with van der Waals surface area (Å²) in [6.45, 7) is 3.14. The molecule has 0 radical (unpaired) electrons. The molecule has 0 aliphatic rings. The van der Waals surface area contributed by atoms with Crippen molar-refractivity contribution in [3.63, 3.8) is 0 Å². The molecule has 0 saturated heterocycles. The molecule has 6 heteroatoms. The second-order valence-electron chi connectivity index (χ2n) is 4.08. The molecule has 1 rings (SSSR count). The predicted octanol–water partition coefficient (Wildman–Crippen LogP) is 2.71. The van der Waals surface area contributed by atoms with E-state index in [1.807, 2.05) is 0 Å². The molecule has 5 nitrogen and oxygen atoms in total. The van der Waals surface area contributed by atoms with Crippen LogP contribution in [-0.2, 0) is 4.79 Å². The van der Waals surface area contributed by atoms with Crippen molar-refractivity contribution in [3.8, 4) is 0 Å². The minimum Gasteiger partial charge on any atom is -0.480 e. The largest absolute Gasteiger partial charge is 0.480 e. The van der Waals surface area contributed by atoms with Crippen LogP contribution in [0.5, 0.6) is 0 Å². The number of urea groups is 1. The topological polar surface area (TPSA) is 78.4 Å². The smallest absolute Gasteiger partial charge is 0.329 e. The normalized spacial score (nSPS) is 13.5. The van der Waals surface area contributed by atoms with Crippen LogP contribution in [0, 0.1) is 0 Å². The van der Waals surface area contributed by atoms with Gasteiger partial charge < -0.3 is 15.7 Å². The van der Waals surface area contributed by atoms with Crippen molar-refractivity contribution in [2.45, 2.75) is 25.8 Å². The van der Waals surface area contributed by atoms with Gasteiger partial charge in [0.1, 0.15) is 5.54 Å². The van der Waals surface area contributed by atoms with Gasteiger partial charge in [0.15, 0.2) is 0 Å². The lowest BCUT2D eigenvalue weighted by molar-refractivity contribution is -0.143. The first kappa shape index (κ1) is 14.3. The number of hydrogen-bond acceptors (Lipinski definition) is 2. The maximum atomic E-state index is 11.7. The number of carboxylic acids is 1. The van der Waals surface area contributed by atoms with Crippen LogP contribution in [-0.4, -0.2) is 22.6 Å². The number of anilines is 1. The number of rotatable bonds is 4. The highest BCUT2D eigenvalue weighted by molar-refractivity contribution is 6.30. The Kier molecular flexibility index (Phi) is 4.55. The fourth-order valence-corrected chi connectivity index (χ4v) is 1.46. The second kappa shape index (κ2) is 5.73. The summed E-state index contributed by atoms with van der Waals surface area (Å²) >= 11 is 5.77. The van der Waals surface area contributed by atoms with Crippen LogP contribution in [0.3, 0.4) is 0 Å². The van der Waals surface area contributed by atoms with Gasteiger partial charge in [-0.25, -0.2) is 9.59 Å². The van der Waals surface area contributed by atoms with Crippen molar-refractivity contribution >= 4 is 29.3 Å². The molecule has 0 aliphatic carbocycles. The van der Waals surface area contributed by atoms with Crippen molar-refractivity contribution in [2.75, 3.05) is 5.32 Å². The van der Waals surface area contributed by atoms with Gasteiger partial charge in [0, 0.05) is 10.7 Å². The van der Waals surface area contributed by atoms with Gasteiger partial charge in [0.05, 0.1) is 0 Å². The van der Waals surface area contributed by atoms with E-state index in [0.29, 0.717) is 10.7 Å². The number of carbonyl (C=O) groups is 2. The summed E-state index contributed by atoms with van der Waals surface area (Å²) < 4.78 is 0. The lowest BCUT2D eigenvalue weighted by Gasteiger charge is -2.24. The quantitative estimate of drug-likeness (QED) is 0.787. The first-order chi connectivity index (χ1) is 8.37. The zero-order valence-electron chi connectivity index (χ0n) is 10.2. The molecule has 1 aromatic rings. The van der Waals surface area contributed by atoms with E-state index in [4.69, 9.17) is 16.7 Å². The monoisotopic (exact) mass is 270 g/mol. The molecule has 18 heavy (non-hydrogen) atoms. The van der Waals surface area contributed by atoms with E-state index in [2.05, 4.69) is 10.6 Å². The number of nitrogens with one attached hydrogen (secondary N) is 2. The average Bonchev–Trinajstić information content (AvgIpc) is 2.28. The summed E-state index contributed by atoms with van der Waals surface area (Å²) in [6.07, 6.45) is 0.283. The van der Waals surface area contributed by atoms with E-state index < -0.39 is 17.5 Å². The molecule has 0 spiro atoms. The van der Waals surface area contributed by atoms with Gasteiger partial charge in [-0.3, -0.25) is 0 Å². The van der Waals surface area contributed by atoms with E-state index in [0.717, 1.165) is 0 Å². The number of aliphatic carboxylic acids is 1. The Balaban J connectivity index is 2.70. The molecule has 2 amide bonds. The Labute approximate surface area is 110 Å². The van der Waals surface area contributed by atoms with Crippen molar-refractivity contribution in [1.29, 1.82) is 0 Å². The van der Waals surface area contributed by atoms with E-state index in [1.54, 1.807) is 31.2 Å². The van der Waals surface area contributed by atoms with Crippen LogP contribution in [0.2, 0.25) is 5.02 Å². The molecule has 0 heterocycles. The van der Waals surface area contributed by atoms with E-state index in [1.165, 1.54) is 6.92 Å². The Morgan fingerprint density at radius 1 is 1.44 bits per heavy atom. The minimum absolute atomic E-state index is 0.283. The third-order valence-corrected chi connectivity index (χ3v) is 2.89. The standard InChI is InChI=1S/C12H15ClN2O3/c1-3-12(2,10(16)17)15-11(18)14-9-6-4-5-8(13)7-9/h4-7H,3H2,1-2H3,(H,16,17)(H2,14,15,18)/t12-/m1/s1. The summed E-state index contributed by atoms with van der Waals surface area (Å²) in [7, 11) is 0. The Hall–Kier alpha value is -1.75. The molecule has 0 unspecified atom stereocenters. The Morgan fingerprint density at radius 2 is 2.11 bits per heavy atom. The maximum Gasteiger partial charge on any atom is 0.329 e. The fourth-order valence-electron chi connectivity index (χ4n) is 1.27. The average molecular weight is 271 g/mol. The van der Waals surface area contributed by atoms with Crippen LogP contribution in [0.15, 0.2) is 24.3 Å². The third kappa shape index (κ3) is 3.63. The van der Waals surface area contributed by atoms with Crippen LogP contribution in [0.1, 0.15) is 20.3 Å². The SMILES string of the molecule is CC[C@@](C)(NC(=O)Nc1cccc(Cl)c1)C(=O)O. The molecule has 0 aliphatic heterocycles. The van der Waals surface area contributed by atoms with Gasteiger partial charge in [0.2, 0.25) is 0 Å². The van der Waals surface area contributed by atoms with E-state index in [-0.39, 0.29) is 6.42 Å². The Bertz CT molecular complexity index is 464. The second-order valence-corrected chi connectivity index (χ2v) is 4.52. The fraction of sp³-hybridized carbons (Fsp3) is 0.333. The first-order valence-corrected chi connectivity index (χ1v) is 5.83. The lowest BCUT2D eigenvalue weighted by Crippen LogP contribution is -2.53. The van der Waals surface area contributed by atoms with Crippen LogP contribution < -0.4 is 10.6 Å². The minimum atomic E-state index is -1.29. The molecule has 1 aromatic carbocycles. The zero-order valence-corrected chi connectivity index (χ0v) is 10.9. The van der Waals surface area contributed by atoms with Crippen molar-refractivity contribution < 1.29 is 14.7 Å². The van der Waals surface area contributed by atoms with Crippen LogP contribution >= 0.6 is 11.6 Å². The van der Waals surface area contributed by atoms with Gasteiger partial charge in [-0.05, 0) is 31.5 Å². The summed E-state index contributed by atoms with van der Waals surface area (Å²) in [4.78, 5) is 22.7. The summed E-state index contributed by atoms with van der Waals surface area (Å²) in [6, 6.07) is 6.02. The molecule has 3 N–H and O–H groups in total. The van der Waals surface area contributed by atoms with Crippen molar-refractivity contribution in [2.24, 2.45) is 0 Å². The lowest BCUT2D eigenvalue weighted by atomic mass is 10.00. The zero-order chi connectivity index (χ0) is 13.8. The van der Waals surface area contributed by atoms with Crippen LogP contribution in [0.4, 0.5) is 10.5 Å². The molecule has 0 fully saturated rings.